The number of pyridine rings is 1. The number of nitrogens with one attached hydrogen (secondary N) is 1. The van der Waals surface area contributed by atoms with Crippen molar-refractivity contribution in [2.45, 2.75) is 11.4 Å². The molecule has 0 saturated carbocycles. The topological polar surface area (TPSA) is 102 Å². The molecule has 6 nitrogen and oxygen atoms in total. The second kappa shape index (κ2) is 6.33. The van der Waals surface area contributed by atoms with Crippen molar-refractivity contribution in [1.82, 2.24) is 4.98 Å². The molecule has 3 N–H and O–H groups in total. The van der Waals surface area contributed by atoms with Crippen LogP contribution in [0.2, 0.25) is 5.02 Å². The van der Waals surface area contributed by atoms with Gasteiger partial charge in [-0.3, -0.25) is 4.79 Å². The summed E-state index contributed by atoms with van der Waals surface area (Å²) in [5.74, 6) is -0.184. The first-order valence-electron chi connectivity index (χ1n) is 6.25. The third kappa shape index (κ3) is 3.96. The molecule has 116 valence electrons. The number of aromatic nitrogens is 1. The van der Waals surface area contributed by atoms with Crippen LogP contribution in [0.1, 0.15) is 15.9 Å². The molecule has 1 amide bonds. The van der Waals surface area contributed by atoms with Gasteiger partial charge in [0.05, 0.1) is 15.5 Å². The molecule has 2 rings (SSSR count). The molecular weight excluding hydrogens is 326 g/mol. The molecule has 0 atom stereocenters. The SMILES string of the molecule is CS(=O)(=O)c1ccc(CNc2ncc(C(N)=O)cc2Cl)cc1. The van der Waals surface area contributed by atoms with Crippen molar-refractivity contribution in [2.75, 3.05) is 11.6 Å². The summed E-state index contributed by atoms with van der Waals surface area (Å²) in [7, 11) is -3.20. The minimum Gasteiger partial charge on any atom is -0.366 e. The van der Waals surface area contributed by atoms with Crippen LogP contribution in [0.15, 0.2) is 41.4 Å². The molecule has 0 saturated heterocycles. The molecule has 8 heteroatoms. The van der Waals surface area contributed by atoms with Crippen LogP contribution >= 0.6 is 11.6 Å². The maximum atomic E-state index is 11.4. The first-order chi connectivity index (χ1) is 10.3. The van der Waals surface area contributed by atoms with Crippen LogP contribution < -0.4 is 11.1 Å². The molecule has 0 unspecified atom stereocenters. The Kier molecular flexibility index (Phi) is 4.68. The number of hydrogen-bond donors (Lipinski definition) is 2. The van der Waals surface area contributed by atoms with Crippen molar-refractivity contribution >= 4 is 33.2 Å². The molecule has 0 bridgehead atoms. The van der Waals surface area contributed by atoms with E-state index in [-0.39, 0.29) is 15.5 Å². The average Bonchev–Trinajstić information content (AvgIpc) is 2.45. The number of rotatable bonds is 5. The Morgan fingerprint density at radius 1 is 1.32 bits per heavy atom. The minimum absolute atomic E-state index is 0.230. The summed E-state index contributed by atoms with van der Waals surface area (Å²) >= 11 is 6.01. The Bertz CT molecular complexity index is 805. The fourth-order valence-electron chi connectivity index (χ4n) is 1.74. The first-order valence-corrected chi connectivity index (χ1v) is 8.52. The predicted octanol–water partition coefficient (Wildman–Crippen LogP) is 1.85. The van der Waals surface area contributed by atoms with Gasteiger partial charge in [0.1, 0.15) is 5.82 Å². The average molecular weight is 340 g/mol. The number of halogens is 1. The van der Waals surface area contributed by atoms with Crippen LogP contribution in [0.4, 0.5) is 5.82 Å². The Morgan fingerprint density at radius 3 is 2.45 bits per heavy atom. The minimum atomic E-state index is -3.20. The van der Waals surface area contributed by atoms with E-state index in [0.717, 1.165) is 11.8 Å². The second-order valence-electron chi connectivity index (χ2n) is 4.69. The zero-order valence-corrected chi connectivity index (χ0v) is 13.3. The molecule has 2 aromatic rings. The summed E-state index contributed by atoms with van der Waals surface area (Å²) in [6.45, 7) is 0.409. The van der Waals surface area contributed by atoms with Crippen LogP contribution in [0.25, 0.3) is 0 Å². The summed E-state index contributed by atoms with van der Waals surface area (Å²) in [4.78, 5) is 15.3. The van der Waals surface area contributed by atoms with Gasteiger partial charge in [0.15, 0.2) is 9.84 Å². The summed E-state index contributed by atoms with van der Waals surface area (Å²) in [6, 6.07) is 7.92. The number of nitrogens with two attached hydrogens (primary N) is 1. The Labute approximate surface area is 133 Å². The fraction of sp³-hybridized carbons (Fsp3) is 0.143. The normalized spacial score (nSPS) is 11.2. The van der Waals surface area contributed by atoms with Gasteiger partial charge in [-0.25, -0.2) is 13.4 Å². The predicted molar refractivity (Wildman–Crippen MR) is 84.6 cm³/mol. The van der Waals surface area contributed by atoms with E-state index in [0.29, 0.717) is 12.4 Å². The monoisotopic (exact) mass is 339 g/mol. The molecule has 0 radical (unpaired) electrons. The number of sulfone groups is 1. The quantitative estimate of drug-likeness (QED) is 0.865. The lowest BCUT2D eigenvalue weighted by Crippen LogP contribution is -2.12. The van der Waals surface area contributed by atoms with Gasteiger partial charge < -0.3 is 11.1 Å². The highest BCUT2D eigenvalue weighted by Gasteiger charge is 2.08. The number of primary amides is 1. The van der Waals surface area contributed by atoms with Crippen LogP contribution in [0, 0.1) is 0 Å². The summed E-state index contributed by atoms with van der Waals surface area (Å²) < 4.78 is 22.7. The number of carbonyl (C=O) groups excluding carboxylic acids is 1. The summed E-state index contributed by atoms with van der Waals surface area (Å²) in [5.41, 5.74) is 6.23. The highest BCUT2D eigenvalue weighted by molar-refractivity contribution is 7.90. The number of anilines is 1. The molecule has 0 aliphatic carbocycles. The van der Waals surface area contributed by atoms with Gasteiger partial charge in [-0.15, -0.1) is 0 Å². The summed E-state index contributed by atoms with van der Waals surface area (Å²) in [5, 5.41) is 3.29. The van der Waals surface area contributed by atoms with E-state index >= 15 is 0 Å². The molecule has 22 heavy (non-hydrogen) atoms. The molecule has 0 aliphatic rings. The highest BCUT2D eigenvalue weighted by atomic mass is 35.5. The Morgan fingerprint density at radius 2 is 1.95 bits per heavy atom. The Balaban J connectivity index is 2.09. The van der Waals surface area contributed by atoms with Crippen molar-refractivity contribution in [3.8, 4) is 0 Å². The van der Waals surface area contributed by atoms with Gasteiger partial charge in [-0.05, 0) is 23.8 Å². The molecule has 0 aliphatic heterocycles. The number of carbonyl (C=O) groups is 1. The van der Waals surface area contributed by atoms with E-state index in [4.69, 9.17) is 17.3 Å². The summed E-state index contributed by atoms with van der Waals surface area (Å²) in [6.07, 6.45) is 2.49. The van der Waals surface area contributed by atoms with Gasteiger partial charge in [0.2, 0.25) is 5.91 Å². The third-order valence-electron chi connectivity index (χ3n) is 2.94. The van der Waals surface area contributed by atoms with E-state index in [2.05, 4.69) is 10.3 Å². The van der Waals surface area contributed by atoms with E-state index in [1.807, 2.05) is 0 Å². The fourth-order valence-corrected chi connectivity index (χ4v) is 2.61. The molecule has 0 fully saturated rings. The van der Waals surface area contributed by atoms with Gasteiger partial charge >= 0.3 is 0 Å². The van der Waals surface area contributed by atoms with Crippen LogP contribution in [-0.2, 0) is 16.4 Å². The van der Waals surface area contributed by atoms with Gasteiger partial charge in [0, 0.05) is 19.0 Å². The van der Waals surface area contributed by atoms with Crippen molar-refractivity contribution in [1.29, 1.82) is 0 Å². The van der Waals surface area contributed by atoms with E-state index in [1.54, 1.807) is 12.1 Å². The van der Waals surface area contributed by atoms with Gasteiger partial charge in [-0.1, -0.05) is 23.7 Å². The van der Waals surface area contributed by atoms with Crippen LogP contribution in [0.5, 0.6) is 0 Å². The maximum Gasteiger partial charge on any atom is 0.250 e. The molecule has 1 aromatic carbocycles. The molecular formula is C14H14ClN3O3S. The lowest BCUT2D eigenvalue weighted by Gasteiger charge is -2.08. The molecule has 0 spiro atoms. The number of hydrogen-bond acceptors (Lipinski definition) is 5. The van der Waals surface area contributed by atoms with Gasteiger partial charge in [-0.2, -0.15) is 0 Å². The first kappa shape index (κ1) is 16.3. The zero-order valence-electron chi connectivity index (χ0n) is 11.7. The lowest BCUT2D eigenvalue weighted by atomic mass is 10.2. The number of nitrogens with zero attached hydrogens (tertiary/aromatic N) is 1. The van der Waals surface area contributed by atoms with Crippen LogP contribution in [-0.4, -0.2) is 25.6 Å². The van der Waals surface area contributed by atoms with Gasteiger partial charge in [0.25, 0.3) is 0 Å². The standard InChI is InChI=1S/C14H14ClN3O3S/c1-22(20,21)11-4-2-9(3-5-11)7-17-14-12(15)6-10(8-18-14)13(16)19/h2-6,8H,7H2,1H3,(H2,16,19)(H,17,18). The molecule has 1 heterocycles. The van der Waals surface area contributed by atoms with Crippen molar-refractivity contribution in [2.24, 2.45) is 5.73 Å². The number of amides is 1. The largest absolute Gasteiger partial charge is 0.366 e. The lowest BCUT2D eigenvalue weighted by molar-refractivity contribution is 0.1000. The third-order valence-corrected chi connectivity index (χ3v) is 4.35. The maximum absolute atomic E-state index is 11.4. The van der Waals surface area contributed by atoms with E-state index in [1.165, 1.54) is 24.4 Å². The highest BCUT2D eigenvalue weighted by Crippen LogP contribution is 2.21. The molecule has 1 aromatic heterocycles. The van der Waals surface area contributed by atoms with E-state index in [9.17, 15) is 13.2 Å². The van der Waals surface area contributed by atoms with Crippen molar-refractivity contribution < 1.29 is 13.2 Å². The Hall–Kier alpha value is -2.12. The number of benzene rings is 1. The van der Waals surface area contributed by atoms with Crippen LogP contribution in [0.3, 0.4) is 0 Å². The smallest absolute Gasteiger partial charge is 0.250 e. The van der Waals surface area contributed by atoms with E-state index < -0.39 is 15.7 Å². The zero-order chi connectivity index (χ0) is 16.3. The second-order valence-corrected chi connectivity index (χ2v) is 7.11. The van der Waals surface area contributed by atoms with Crippen molar-refractivity contribution in [3.05, 3.63) is 52.7 Å². The van der Waals surface area contributed by atoms with Crippen molar-refractivity contribution in [3.63, 3.8) is 0 Å².